The number of carbonyl (C=O) groups is 1. The summed E-state index contributed by atoms with van der Waals surface area (Å²) in [6.07, 6.45) is 0. The number of rotatable bonds is 4. The van der Waals surface area contributed by atoms with Gasteiger partial charge < -0.3 is 10.1 Å². The van der Waals surface area contributed by atoms with Gasteiger partial charge in [-0.25, -0.2) is 4.39 Å². The summed E-state index contributed by atoms with van der Waals surface area (Å²) in [7, 11) is 1.40. The summed E-state index contributed by atoms with van der Waals surface area (Å²) in [4.78, 5) is 12.1. The molecule has 2 aromatic rings. The summed E-state index contributed by atoms with van der Waals surface area (Å²) in [5, 5.41) is 11.5. The second-order valence-electron chi connectivity index (χ2n) is 4.78. The summed E-state index contributed by atoms with van der Waals surface area (Å²) in [6.45, 7) is 1.77. The first-order chi connectivity index (χ1) is 10.5. The van der Waals surface area contributed by atoms with Crippen molar-refractivity contribution in [2.24, 2.45) is 0 Å². The van der Waals surface area contributed by atoms with Crippen molar-refractivity contribution in [2.75, 3.05) is 7.11 Å². The van der Waals surface area contributed by atoms with Crippen LogP contribution in [-0.4, -0.2) is 13.0 Å². The van der Waals surface area contributed by atoms with E-state index < -0.39 is 5.82 Å². The first-order valence-corrected chi connectivity index (χ1v) is 6.69. The molecule has 0 heterocycles. The fraction of sp³-hybridized carbons (Fsp3) is 0.176. The van der Waals surface area contributed by atoms with E-state index >= 15 is 0 Å². The van der Waals surface area contributed by atoms with E-state index in [0.717, 1.165) is 0 Å². The van der Waals surface area contributed by atoms with E-state index in [4.69, 9.17) is 10.00 Å². The first kappa shape index (κ1) is 15.5. The van der Waals surface area contributed by atoms with Gasteiger partial charge in [0, 0.05) is 5.56 Å². The highest BCUT2D eigenvalue weighted by atomic mass is 19.1. The maximum absolute atomic E-state index is 13.7. The Hall–Kier alpha value is -2.87. The maximum Gasteiger partial charge on any atom is 0.251 e. The van der Waals surface area contributed by atoms with Crippen molar-refractivity contribution < 1.29 is 13.9 Å². The zero-order chi connectivity index (χ0) is 16.1. The SMILES string of the molecule is COc1ccc([C@H](C)NC(=O)c2ccc(C#N)cc2)cc1F. The Kier molecular flexibility index (Phi) is 4.74. The van der Waals surface area contributed by atoms with Crippen LogP contribution in [0.15, 0.2) is 42.5 Å². The summed E-state index contributed by atoms with van der Waals surface area (Å²) < 4.78 is 18.5. The van der Waals surface area contributed by atoms with Gasteiger partial charge in [0.05, 0.1) is 24.8 Å². The lowest BCUT2D eigenvalue weighted by molar-refractivity contribution is 0.0940. The average Bonchev–Trinajstić information content (AvgIpc) is 2.54. The van der Waals surface area contributed by atoms with Crippen LogP contribution in [0.4, 0.5) is 4.39 Å². The molecule has 0 saturated carbocycles. The summed E-state index contributed by atoms with van der Waals surface area (Å²) in [5.41, 5.74) is 1.57. The predicted molar refractivity (Wildman–Crippen MR) is 80.0 cm³/mol. The zero-order valence-electron chi connectivity index (χ0n) is 12.3. The number of halogens is 1. The Morgan fingerprint density at radius 2 is 1.95 bits per heavy atom. The first-order valence-electron chi connectivity index (χ1n) is 6.69. The van der Waals surface area contributed by atoms with E-state index in [9.17, 15) is 9.18 Å². The standard InChI is InChI=1S/C17H15FN2O2/c1-11(14-7-8-16(22-2)15(18)9-14)20-17(21)13-5-3-12(10-19)4-6-13/h3-9,11H,1-2H3,(H,20,21)/t11-/m0/s1. The van der Waals surface area contributed by atoms with Crippen molar-refractivity contribution >= 4 is 5.91 Å². The fourth-order valence-corrected chi connectivity index (χ4v) is 2.01. The number of hydrogen-bond acceptors (Lipinski definition) is 3. The largest absolute Gasteiger partial charge is 0.494 e. The van der Waals surface area contributed by atoms with Crippen molar-refractivity contribution in [2.45, 2.75) is 13.0 Å². The van der Waals surface area contributed by atoms with Gasteiger partial charge in [-0.1, -0.05) is 6.07 Å². The second kappa shape index (κ2) is 6.72. The molecular weight excluding hydrogens is 283 g/mol. The van der Waals surface area contributed by atoms with E-state index in [1.165, 1.54) is 19.2 Å². The van der Waals surface area contributed by atoms with E-state index in [-0.39, 0.29) is 17.7 Å². The molecule has 0 spiro atoms. The average molecular weight is 298 g/mol. The van der Waals surface area contributed by atoms with Crippen molar-refractivity contribution in [3.8, 4) is 11.8 Å². The van der Waals surface area contributed by atoms with Crippen LogP contribution in [0.2, 0.25) is 0 Å². The molecule has 1 atom stereocenters. The van der Waals surface area contributed by atoms with Gasteiger partial charge in [0.25, 0.3) is 5.91 Å². The molecule has 0 bridgehead atoms. The lowest BCUT2D eigenvalue weighted by atomic mass is 10.1. The van der Waals surface area contributed by atoms with Gasteiger partial charge in [-0.3, -0.25) is 4.79 Å². The Morgan fingerprint density at radius 1 is 1.27 bits per heavy atom. The molecule has 0 aliphatic rings. The highest BCUT2D eigenvalue weighted by molar-refractivity contribution is 5.94. The van der Waals surface area contributed by atoms with Gasteiger partial charge in [0.1, 0.15) is 0 Å². The molecule has 1 amide bonds. The van der Waals surface area contributed by atoms with E-state index in [1.807, 2.05) is 6.07 Å². The molecule has 4 nitrogen and oxygen atoms in total. The monoisotopic (exact) mass is 298 g/mol. The Bertz CT molecular complexity index is 720. The minimum atomic E-state index is -0.473. The molecule has 0 unspecified atom stereocenters. The number of benzene rings is 2. The number of nitriles is 1. The maximum atomic E-state index is 13.7. The second-order valence-corrected chi connectivity index (χ2v) is 4.78. The molecule has 0 saturated heterocycles. The Morgan fingerprint density at radius 3 is 2.50 bits per heavy atom. The number of methoxy groups -OCH3 is 1. The van der Waals surface area contributed by atoms with Crippen molar-refractivity contribution in [3.63, 3.8) is 0 Å². The van der Waals surface area contributed by atoms with Crippen molar-refractivity contribution in [1.29, 1.82) is 5.26 Å². The van der Waals surface area contributed by atoms with Gasteiger partial charge in [0.15, 0.2) is 11.6 Å². The van der Waals surface area contributed by atoms with Crippen LogP contribution in [0.5, 0.6) is 5.75 Å². The number of hydrogen-bond donors (Lipinski definition) is 1. The molecule has 112 valence electrons. The van der Waals surface area contributed by atoms with E-state index in [2.05, 4.69) is 5.32 Å². The van der Waals surface area contributed by atoms with Crippen LogP contribution < -0.4 is 10.1 Å². The molecule has 1 N–H and O–H groups in total. The predicted octanol–water partition coefficient (Wildman–Crippen LogP) is 3.20. The molecule has 0 aliphatic heterocycles. The molecule has 22 heavy (non-hydrogen) atoms. The lowest BCUT2D eigenvalue weighted by Crippen LogP contribution is -2.26. The molecule has 0 aromatic heterocycles. The van der Waals surface area contributed by atoms with Crippen LogP contribution in [0.25, 0.3) is 0 Å². The van der Waals surface area contributed by atoms with Crippen molar-refractivity contribution in [3.05, 3.63) is 65.0 Å². The van der Waals surface area contributed by atoms with Crippen molar-refractivity contribution in [1.82, 2.24) is 5.32 Å². The van der Waals surface area contributed by atoms with Gasteiger partial charge in [-0.2, -0.15) is 5.26 Å². The minimum absolute atomic E-state index is 0.161. The van der Waals surface area contributed by atoms with E-state index in [0.29, 0.717) is 16.7 Å². The van der Waals surface area contributed by atoms with Crippen LogP contribution in [0.1, 0.15) is 34.5 Å². The third-order valence-corrected chi connectivity index (χ3v) is 3.30. The van der Waals surface area contributed by atoms with E-state index in [1.54, 1.807) is 37.3 Å². The smallest absolute Gasteiger partial charge is 0.251 e. The van der Waals surface area contributed by atoms with Gasteiger partial charge in [-0.05, 0) is 48.9 Å². The van der Waals surface area contributed by atoms with Gasteiger partial charge >= 0.3 is 0 Å². The summed E-state index contributed by atoms with van der Waals surface area (Å²) in [5.74, 6) is -0.595. The molecule has 5 heteroatoms. The molecule has 2 rings (SSSR count). The zero-order valence-corrected chi connectivity index (χ0v) is 12.3. The highest BCUT2D eigenvalue weighted by Gasteiger charge is 2.13. The van der Waals surface area contributed by atoms with Gasteiger partial charge in [0.2, 0.25) is 0 Å². The number of carbonyl (C=O) groups excluding carboxylic acids is 1. The summed E-state index contributed by atoms with van der Waals surface area (Å²) in [6, 6.07) is 12.5. The normalized spacial score (nSPS) is 11.4. The van der Waals surface area contributed by atoms with Gasteiger partial charge in [-0.15, -0.1) is 0 Å². The fourth-order valence-electron chi connectivity index (χ4n) is 2.01. The van der Waals surface area contributed by atoms with Crippen LogP contribution in [0, 0.1) is 17.1 Å². The number of nitrogens with zero attached hydrogens (tertiary/aromatic N) is 1. The number of ether oxygens (including phenoxy) is 1. The third kappa shape index (κ3) is 3.41. The molecule has 2 aromatic carbocycles. The molecule has 0 aliphatic carbocycles. The number of nitrogens with one attached hydrogen (secondary N) is 1. The van der Waals surface area contributed by atoms with Crippen LogP contribution in [0.3, 0.4) is 0 Å². The molecule has 0 fully saturated rings. The lowest BCUT2D eigenvalue weighted by Gasteiger charge is -2.15. The quantitative estimate of drug-likeness (QED) is 0.943. The van der Waals surface area contributed by atoms with Crippen LogP contribution >= 0.6 is 0 Å². The molecular formula is C17H15FN2O2. The Balaban J connectivity index is 2.10. The highest BCUT2D eigenvalue weighted by Crippen LogP contribution is 2.22. The summed E-state index contributed by atoms with van der Waals surface area (Å²) >= 11 is 0. The third-order valence-electron chi connectivity index (χ3n) is 3.30. The minimum Gasteiger partial charge on any atom is -0.494 e. The van der Waals surface area contributed by atoms with Crippen LogP contribution in [-0.2, 0) is 0 Å². The number of amides is 1. The molecule has 0 radical (unpaired) electrons. The topological polar surface area (TPSA) is 62.1 Å². The Labute approximate surface area is 128 Å².